The lowest BCUT2D eigenvalue weighted by Crippen LogP contribution is -2.10. The van der Waals surface area contributed by atoms with E-state index < -0.39 is 17.6 Å². The molecule has 3 aromatic rings. The number of anilines is 1. The Labute approximate surface area is 108 Å². The highest BCUT2D eigenvalue weighted by molar-refractivity contribution is 7.14. The van der Waals surface area contributed by atoms with Crippen molar-refractivity contribution in [3.63, 3.8) is 0 Å². The zero-order chi connectivity index (χ0) is 13.6. The first kappa shape index (κ1) is 11.9. The van der Waals surface area contributed by atoms with E-state index in [-0.39, 0.29) is 5.56 Å². The Kier molecular flexibility index (Phi) is 2.45. The highest BCUT2D eigenvalue weighted by Crippen LogP contribution is 2.35. The molecule has 0 aromatic carbocycles. The van der Waals surface area contributed by atoms with Gasteiger partial charge in [-0.3, -0.25) is 0 Å². The van der Waals surface area contributed by atoms with Crippen LogP contribution in [0.4, 0.5) is 19.0 Å². The Morgan fingerprint density at radius 1 is 1.21 bits per heavy atom. The summed E-state index contributed by atoms with van der Waals surface area (Å²) in [6, 6.07) is 0.950. The van der Waals surface area contributed by atoms with Crippen LogP contribution in [0.25, 0.3) is 16.2 Å². The number of hydrogen-bond donors (Lipinski definition) is 1. The molecule has 3 heterocycles. The topological polar surface area (TPSA) is 69.1 Å². The quantitative estimate of drug-likeness (QED) is 0.745. The number of nitrogens with zero attached hydrogens (tertiary/aromatic N) is 4. The fraction of sp³-hybridized carbons (Fsp3) is 0.100. The van der Waals surface area contributed by atoms with Crippen LogP contribution in [0, 0.1) is 0 Å². The normalized spacial score (nSPS) is 12.2. The number of imidazole rings is 1. The standard InChI is InChI=1S/C10H6F3N5S/c11-10(12,13)6-1-5(2-15-8(6)14)7-3-16-9-18(7)17-4-19-9/h1-4H,(H2,14,15). The van der Waals surface area contributed by atoms with Crippen molar-refractivity contribution in [2.75, 3.05) is 5.73 Å². The van der Waals surface area contributed by atoms with Crippen LogP contribution in [0.2, 0.25) is 0 Å². The van der Waals surface area contributed by atoms with Gasteiger partial charge in [-0.05, 0) is 6.07 Å². The van der Waals surface area contributed by atoms with Gasteiger partial charge in [0.25, 0.3) is 0 Å². The maximum absolute atomic E-state index is 12.8. The maximum Gasteiger partial charge on any atom is 0.419 e. The monoisotopic (exact) mass is 285 g/mol. The van der Waals surface area contributed by atoms with E-state index in [9.17, 15) is 13.2 Å². The molecule has 9 heteroatoms. The van der Waals surface area contributed by atoms with Gasteiger partial charge in [-0.25, -0.2) is 14.5 Å². The maximum atomic E-state index is 12.8. The smallest absolute Gasteiger partial charge is 0.383 e. The fourth-order valence-corrected chi connectivity index (χ4v) is 2.27. The number of hydrogen-bond acceptors (Lipinski definition) is 5. The summed E-state index contributed by atoms with van der Waals surface area (Å²) in [5.74, 6) is -0.546. The first-order valence-corrected chi connectivity index (χ1v) is 5.95. The molecule has 0 fully saturated rings. The van der Waals surface area contributed by atoms with Crippen LogP contribution in [-0.2, 0) is 6.18 Å². The Morgan fingerprint density at radius 3 is 2.74 bits per heavy atom. The van der Waals surface area contributed by atoms with E-state index in [1.807, 2.05) is 0 Å². The molecule has 3 rings (SSSR count). The van der Waals surface area contributed by atoms with E-state index in [4.69, 9.17) is 5.73 Å². The van der Waals surface area contributed by atoms with Crippen molar-refractivity contribution in [3.8, 4) is 11.3 Å². The van der Waals surface area contributed by atoms with Gasteiger partial charge in [0.05, 0.1) is 17.5 Å². The van der Waals surface area contributed by atoms with Gasteiger partial charge in [0.2, 0.25) is 4.96 Å². The van der Waals surface area contributed by atoms with Crippen LogP contribution < -0.4 is 5.73 Å². The molecule has 0 spiro atoms. The Hall–Kier alpha value is -2.16. The van der Waals surface area contributed by atoms with Gasteiger partial charge >= 0.3 is 6.18 Å². The van der Waals surface area contributed by atoms with Crippen molar-refractivity contribution in [1.82, 2.24) is 19.6 Å². The summed E-state index contributed by atoms with van der Waals surface area (Å²) in [4.78, 5) is 8.23. The predicted molar refractivity (Wildman–Crippen MR) is 63.5 cm³/mol. The summed E-state index contributed by atoms with van der Waals surface area (Å²) in [5, 5.41) is 4.00. The first-order chi connectivity index (χ1) is 8.97. The van der Waals surface area contributed by atoms with Gasteiger partial charge in [-0.15, -0.1) is 0 Å². The molecule has 0 atom stereocenters. The van der Waals surface area contributed by atoms with Crippen molar-refractivity contribution < 1.29 is 13.2 Å². The minimum Gasteiger partial charge on any atom is -0.383 e. The van der Waals surface area contributed by atoms with Crippen LogP contribution >= 0.6 is 11.3 Å². The molecule has 0 saturated heterocycles. The largest absolute Gasteiger partial charge is 0.419 e. The fourth-order valence-electron chi connectivity index (χ4n) is 1.68. The molecule has 2 N–H and O–H groups in total. The van der Waals surface area contributed by atoms with Crippen LogP contribution in [0.1, 0.15) is 5.56 Å². The third-order valence-electron chi connectivity index (χ3n) is 2.55. The molecule has 0 aliphatic heterocycles. The minimum atomic E-state index is -4.54. The highest BCUT2D eigenvalue weighted by atomic mass is 32.1. The zero-order valence-corrected chi connectivity index (χ0v) is 10.0. The van der Waals surface area contributed by atoms with E-state index in [1.54, 1.807) is 5.51 Å². The minimum absolute atomic E-state index is 0.264. The van der Waals surface area contributed by atoms with Crippen LogP contribution in [0.5, 0.6) is 0 Å². The number of fused-ring (bicyclic) bond motifs is 1. The molecule has 0 amide bonds. The second-order valence-electron chi connectivity index (χ2n) is 3.73. The SMILES string of the molecule is Nc1ncc(-c2cnc3scnn23)cc1C(F)(F)F. The van der Waals surface area contributed by atoms with Crippen LogP contribution in [0.15, 0.2) is 24.0 Å². The second kappa shape index (κ2) is 3.92. The molecule has 0 aliphatic rings. The lowest BCUT2D eigenvalue weighted by atomic mass is 10.1. The average Bonchev–Trinajstić information content (AvgIpc) is 2.90. The molecule has 0 aliphatic carbocycles. The van der Waals surface area contributed by atoms with Crippen molar-refractivity contribution >= 4 is 22.1 Å². The summed E-state index contributed by atoms with van der Waals surface area (Å²) in [6.07, 6.45) is -1.82. The van der Waals surface area contributed by atoms with Crippen LogP contribution in [-0.4, -0.2) is 19.6 Å². The molecular formula is C10H6F3N5S. The highest BCUT2D eigenvalue weighted by Gasteiger charge is 2.34. The van der Waals surface area contributed by atoms with E-state index in [0.29, 0.717) is 10.7 Å². The third kappa shape index (κ3) is 1.91. The number of halogens is 3. The van der Waals surface area contributed by atoms with Crippen molar-refractivity contribution in [3.05, 3.63) is 29.5 Å². The van der Waals surface area contributed by atoms with Crippen molar-refractivity contribution in [1.29, 1.82) is 0 Å². The molecule has 3 aromatic heterocycles. The summed E-state index contributed by atoms with van der Waals surface area (Å²) >= 11 is 1.29. The Bertz CT molecular complexity index is 745. The lowest BCUT2D eigenvalue weighted by Gasteiger charge is -2.10. The Morgan fingerprint density at radius 2 is 2.00 bits per heavy atom. The number of nitrogens with two attached hydrogens (primary N) is 1. The van der Waals surface area contributed by atoms with Gasteiger partial charge < -0.3 is 5.73 Å². The van der Waals surface area contributed by atoms with Gasteiger partial charge in [0.15, 0.2) is 0 Å². The van der Waals surface area contributed by atoms with Crippen molar-refractivity contribution in [2.24, 2.45) is 0 Å². The molecule has 0 saturated carbocycles. The molecule has 0 unspecified atom stereocenters. The number of aromatic nitrogens is 4. The number of pyridine rings is 1. The number of nitrogen functional groups attached to an aromatic ring is 1. The summed E-state index contributed by atoms with van der Waals surface area (Å²) < 4.78 is 39.8. The summed E-state index contributed by atoms with van der Waals surface area (Å²) in [7, 11) is 0. The van der Waals surface area contributed by atoms with Gasteiger partial charge in [0, 0.05) is 11.8 Å². The Balaban J connectivity index is 2.19. The van der Waals surface area contributed by atoms with Crippen LogP contribution in [0.3, 0.4) is 0 Å². The molecule has 5 nitrogen and oxygen atoms in total. The van der Waals surface area contributed by atoms with E-state index >= 15 is 0 Å². The second-order valence-corrected chi connectivity index (χ2v) is 4.54. The average molecular weight is 285 g/mol. The van der Waals surface area contributed by atoms with E-state index in [2.05, 4.69) is 15.1 Å². The molecular weight excluding hydrogens is 279 g/mol. The van der Waals surface area contributed by atoms with Gasteiger partial charge in [-0.1, -0.05) is 11.3 Å². The van der Waals surface area contributed by atoms with Gasteiger partial charge in [0.1, 0.15) is 11.3 Å². The van der Waals surface area contributed by atoms with E-state index in [0.717, 1.165) is 6.07 Å². The lowest BCUT2D eigenvalue weighted by molar-refractivity contribution is -0.137. The summed E-state index contributed by atoms with van der Waals surface area (Å²) in [5.41, 5.74) is 6.55. The molecule has 19 heavy (non-hydrogen) atoms. The zero-order valence-electron chi connectivity index (χ0n) is 9.22. The molecule has 0 bridgehead atoms. The number of rotatable bonds is 1. The number of alkyl halides is 3. The summed E-state index contributed by atoms with van der Waals surface area (Å²) in [6.45, 7) is 0. The molecule has 0 radical (unpaired) electrons. The third-order valence-corrected chi connectivity index (χ3v) is 3.24. The van der Waals surface area contributed by atoms with Gasteiger partial charge in [-0.2, -0.15) is 18.3 Å². The predicted octanol–water partition coefficient (Wildman–Crippen LogP) is 2.45. The van der Waals surface area contributed by atoms with E-state index in [1.165, 1.54) is 28.2 Å². The molecule has 98 valence electrons. The first-order valence-electron chi connectivity index (χ1n) is 5.07. The van der Waals surface area contributed by atoms with Crippen molar-refractivity contribution in [2.45, 2.75) is 6.18 Å².